The zero-order valence-electron chi connectivity index (χ0n) is 14.5. The van der Waals surface area contributed by atoms with Crippen LogP contribution in [0, 0.1) is 5.92 Å². The Hall–Kier alpha value is -0.950. The van der Waals surface area contributed by atoms with Crippen molar-refractivity contribution < 1.29 is 21.9 Å². The maximum Gasteiger partial charge on any atom is 0.141 e. The second-order valence-electron chi connectivity index (χ2n) is 6.20. The summed E-state index contributed by atoms with van der Waals surface area (Å²) < 4.78 is 10.5. The van der Waals surface area contributed by atoms with Gasteiger partial charge in [-0.15, -0.1) is 11.3 Å². The summed E-state index contributed by atoms with van der Waals surface area (Å²) in [6.07, 6.45) is 5.25. The van der Waals surface area contributed by atoms with Crippen LogP contribution in [0.15, 0.2) is 6.33 Å². The lowest BCUT2D eigenvalue weighted by Gasteiger charge is -2.25. The highest BCUT2D eigenvalue weighted by Crippen LogP contribution is 2.40. The smallest absolute Gasteiger partial charge is 0.141 e. The number of aromatic nitrogens is 2. The van der Waals surface area contributed by atoms with Crippen molar-refractivity contribution in [2.24, 2.45) is 5.92 Å². The number of anilines is 1. The lowest BCUT2D eigenvalue weighted by molar-refractivity contribution is -0.00000561. The van der Waals surface area contributed by atoms with Gasteiger partial charge in [0.25, 0.3) is 0 Å². The average molecular weight is 371 g/mol. The van der Waals surface area contributed by atoms with E-state index in [1.165, 1.54) is 28.7 Å². The monoisotopic (exact) mass is 370 g/mol. The van der Waals surface area contributed by atoms with Gasteiger partial charge in [0.05, 0.1) is 18.6 Å². The maximum atomic E-state index is 5.27. The number of hydrogen-bond acceptors (Lipinski definition) is 6. The maximum absolute atomic E-state index is 5.27. The first-order valence-electron chi connectivity index (χ1n) is 8.22. The Kier molecular flexibility index (Phi) is 7.22. The fraction of sp³-hybridized carbons (Fsp3) is 0.647. The highest BCUT2D eigenvalue weighted by Gasteiger charge is 2.24. The van der Waals surface area contributed by atoms with E-state index in [1.807, 2.05) is 11.3 Å². The van der Waals surface area contributed by atoms with Gasteiger partial charge >= 0.3 is 0 Å². The van der Waals surface area contributed by atoms with Crippen LogP contribution in [-0.2, 0) is 22.3 Å². The summed E-state index contributed by atoms with van der Waals surface area (Å²) in [6, 6.07) is 0. The molecule has 3 rings (SSSR count). The lowest BCUT2D eigenvalue weighted by atomic mass is 9.89. The summed E-state index contributed by atoms with van der Waals surface area (Å²) in [5.41, 5.74) is 1.47. The van der Waals surface area contributed by atoms with E-state index in [0.717, 1.165) is 36.1 Å². The van der Waals surface area contributed by atoms with Crippen molar-refractivity contribution in [1.82, 2.24) is 9.97 Å². The number of aryl methyl sites for hydroxylation is 1. The number of fused-ring (bicyclic) bond motifs is 3. The molecule has 0 spiro atoms. The minimum atomic E-state index is 0. The van der Waals surface area contributed by atoms with Gasteiger partial charge in [-0.1, -0.05) is 6.92 Å². The van der Waals surface area contributed by atoms with Crippen LogP contribution in [0.1, 0.15) is 23.8 Å². The van der Waals surface area contributed by atoms with Crippen LogP contribution in [0.25, 0.3) is 10.2 Å². The number of nitrogens with zero attached hydrogens (tertiary/aromatic N) is 3. The van der Waals surface area contributed by atoms with E-state index in [0.29, 0.717) is 13.2 Å². The molecule has 1 aliphatic carbocycles. The highest BCUT2D eigenvalue weighted by molar-refractivity contribution is 7.19. The van der Waals surface area contributed by atoms with Gasteiger partial charge in [-0.2, -0.15) is 0 Å². The zero-order valence-corrected chi connectivity index (χ0v) is 16.1. The standard InChI is InChI=1S/C17H25N3O2S.ClH/c1-12-4-5-13-14(10-12)23-17-15(13)16(18-11-19-17)20(6-8-21-2)7-9-22-3;/h11-12H,4-10H2,1-3H3;1H/p-1. The van der Waals surface area contributed by atoms with Gasteiger partial charge in [0.2, 0.25) is 0 Å². The summed E-state index contributed by atoms with van der Waals surface area (Å²) in [5.74, 6) is 1.81. The molecule has 1 aliphatic rings. The van der Waals surface area contributed by atoms with E-state index in [2.05, 4.69) is 21.8 Å². The second-order valence-corrected chi connectivity index (χ2v) is 7.29. The van der Waals surface area contributed by atoms with Crippen LogP contribution in [0.5, 0.6) is 0 Å². The number of ether oxygens (including phenoxy) is 2. The molecule has 1 atom stereocenters. The predicted molar refractivity (Wildman–Crippen MR) is 94.6 cm³/mol. The van der Waals surface area contributed by atoms with Gasteiger partial charge in [0.1, 0.15) is 17.0 Å². The van der Waals surface area contributed by atoms with Gasteiger partial charge in [-0.25, -0.2) is 9.97 Å². The summed E-state index contributed by atoms with van der Waals surface area (Å²) in [6.45, 7) is 5.32. The summed E-state index contributed by atoms with van der Waals surface area (Å²) >= 11 is 1.84. The third-order valence-corrected chi connectivity index (χ3v) is 5.66. The molecule has 1 unspecified atom stereocenters. The van der Waals surface area contributed by atoms with Crippen LogP contribution in [0.4, 0.5) is 5.82 Å². The first-order chi connectivity index (χ1) is 11.2. The van der Waals surface area contributed by atoms with Gasteiger partial charge in [0.15, 0.2) is 0 Å². The molecule has 5 nitrogen and oxygen atoms in total. The van der Waals surface area contributed by atoms with Gasteiger partial charge in [0, 0.05) is 32.2 Å². The molecule has 0 saturated heterocycles. The third-order valence-electron chi connectivity index (χ3n) is 4.50. The van der Waals surface area contributed by atoms with Crippen molar-refractivity contribution >= 4 is 27.4 Å². The molecule has 0 amide bonds. The summed E-state index contributed by atoms with van der Waals surface area (Å²) in [4.78, 5) is 14.0. The molecule has 2 heterocycles. The second kappa shape index (κ2) is 8.94. The third kappa shape index (κ3) is 3.99. The molecule has 2 aromatic heterocycles. The molecule has 7 heteroatoms. The Labute approximate surface area is 153 Å². The van der Waals surface area contributed by atoms with E-state index in [4.69, 9.17) is 9.47 Å². The van der Waals surface area contributed by atoms with Crippen LogP contribution in [-0.4, -0.2) is 50.5 Å². The quantitative estimate of drug-likeness (QED) is 0.682. The van der Waals surface area contributed by atoms with Gasteiger partial charge in [-0.3, -0.25) is 0 Å². The fourth-order valence-electron chi connectivity index (χ4n) is 3.22. The Morgan fingerprint density at radius 3 is 2.58 bits per heavy atom. The van der Waals surface area contributed by atoms with E-state index in [9.17, 15) is 0 Å². The van der Waals surface area contributed by atoms with E-state index in [-0.39, 0.29) is 12.4 Å². The average Bonchev–Trinajstić information content (AvgIpc) is 2.92. The Balaban J connectivity index is 0.00000208. The number of thiophene rings is 1. The molecule has 0 radical (unpaired) electrons. The first-order valence-corrected chi connectivity index (χ1v) is 9.04. The molecular weight excluding hydrogens is 346 g/mol. The predicted octanol–water partition coefficient (Wildman–Crippen LogP) is -0.0807. The molecular formula is C17H25ClN3O2S-. The molecule has 0 fully saturated rings. The van der Waals surface area contributed by atoms with Gasteiger partial charge in [-0.05, 0) is 30.7 Å². The number of halogens is 1. The van der Waals surface area contributed by atoms with Crippen molar-refractivity contribution in [3.8, 4) is 0 Å². The van der Waals surface area contributed by atoms with E-state index >= 15 is 0 Å². The Bertz CT molecular complexity index is 657. The van der Waals surface area contributed by atoms with Crippen molar-refractivity contribution in [3.63, 3.8) is 0 Å². The minimum Gasteiger partial charge on any atom is -1.00 e. The fourth-order valence-corrected chi connectivity index (χ4v) is 4.57. The minimum absolute atomic E-state index is 0. The van der Waals surface area contributed by atoms with Crippen molar-refractivity contribution in [2.45, 2.75) is 26.2 Å². The molecule has 24 heavy (non-hydrogen) atoms. The lowest BCUT2D eigenvalue weighted by Crippen LogP contribution is -3.00. The number of hydrogen-bond donors (Lipinski definition) is 0. The topological polar surface area (TPSA) is 47.5 Å². The normalized spacial score (nSPS) is 16.7. The van der Waals surface area contributed by atoms with Crippen LogP contribution in [0.2, 0.25) is 0 Å². The Morgan fingerprint density at radius 1 is 1.21 bits per heavy atom. The van der Waals surface area contributed by atoms with E-state index in [1.54, 1.807) is 20.5 Å². The molecule has 0 bridgehead atoms. The largest absolute Gasteiger partial charge is 1.00 e. The molecule has 2 aromatic rings. The SMILES string of the molecule is COCCN(CCOC)c1ncnc2sc3c(c12)CCC(C)C3.[Cl-]. The summed E-state index contributed by atoms with van der Waals surface area (Å²) in [7, 11) is 3.47. The van der Waals surface area contributed by atoms with Crippen molar-refractivity contribution in [2.75, 3.05) is 45.4 Å². The molecule has 0 saturated carbocycles. The molecule has 0 aromatic carbocycles. The van der Waals surface area contributed by atoms with Crippen LogP contribution < -0.4 is 17.3 Å². The first kappa shape index (κ1) is 19.4. The van der Waals surface area contributed by atoms with Crippen LogP contribution >= 0.6 is 11.3 Å². The van der Waals surface area contributed by atoms with Crippen LogP contribution in [0.3, 0.4) is 0 Å². The zero-order chi connectivity index (χ0) is 16.2. The summed E-state index contributed by atoms with van der Waals surface area (Å²) in [5, 5.41) is 1.26. The number of methoxy groups -OCH3 is 2. The Morgan fingerprint density at radius 2 is 1.92 bits per heavy atom. The van der Waals surface area contributed by atoms with Crippen molar-refractivity contribution in [3.05, 3.63) is 16.8 Å². The number of rotatable bonds is 7. The van der Waals surface area contributed by atoms with E-state index < -0.39 is 0 Å². The van der Waals surface area contributed by atoms with Crippen molar-refractivity contribution in [1.29, 1.82) is 0 Å². The molecule has 0 N–H and O–H groups in total. The highest BCUT2D eigenvalue weighted by atomic mass is 35.5. The molecule has 134 valence electrons. The molecule has 0 aliphatic heterocycles. The van der Waals surface area contributed by atoms with Gasteiger partial charge < -0.3 is 26.8 Å².